The predicted molar refractivity (Wildman–Crippen MR) is 160 cm³/mol. The lowest BCUT2D eigenvalue weighted by Gasteiger charge is -2.23. The van der Waals surface area contributed by atoms with Crippen molar-refractivity contribution >= 4 is 40.6 Å². The zero-order chi connectivity index (χ0) is 29.4. The number of hydroxylamine groups is 1. The lowest BCUT2D eigenvalue weighted by Crippen LogP contribution is -2.29. The van der Waals surface area contributed by atoms with Crippen LogP contribution in [-0.4, -0.2) is 43.9 Å². The summed E-state index contributed by atoms with van der Waals surface area (Å²) < 4.78 is 1.64. The van der Waals surface area contributed by atoms with Crippen molar-refractivity contribution in [1.29, 1.82) is 0 Å². The molecule has 0 fully saturated rings. The number of nitrogens with two attached hydrogens (primary N) is 2. The first kappa shape index (κ1) is 29.2. The van der Waals surface area contributed by atoms with E-state index < -0.39 is 11.9 Å². The molecule has 12 heteroatoms. The first-order chi connectivity index (χ1) is 19.9. The van der Waals surface area contributed by atoms with Crippen LogP contribution < -0.4 is 27.8 Å². The van der Waals surface area contributed by atoms with Gasteiger partial charge in [0.2, 0.25) is 11.9 Å². The van der Waals surface area contributed by atoms with Crippen molar-refractivity contribution in [3.8, 4) is 5.69 Å². The molecule has 2 aromatic heterocycles. The summed E-state index contributed by atoms with van der Waals surface area (Å²) in [4.78, 5) is 43.1. The van der Waals surface area contributed by atoms with Crippen molar-refractivity contribution < 1.29 is 10.0 Å². The monoisotopic (exact) mass is 557 g/mol. The quantitative estimate of drug-likeness (QED) is 0.0751. The molecular weight excluding hydrogens is 522 g/mol. The number of amides is 1. The van der Waals surface area contributed by atoms with E-state index in [2.05, 4.69) is 20.3 Å². The van der Waals surface area contributed by atoms with Crippen LogP contribution in [0.25, 0.3) is 16.6 Å². The molecule has 0 radical (unpaired) electrons. The highest BCUT2D eigenvalue weighted by molar-refractivity contribution is 5.92. The fourth-order valence-electron chi connectivity index (χ4n) is 4.80. The molecule has 0 aliphatic carbocycles. The van der Waals surface area contributed by atoms with Gasteiger partial charge in [0.15, 0.2) is 0 Å². The standard InChI is InChI=1S/C29H35N9O3/c1-3-21(33-26-20(17-32-2)25(30)35-29(31)36-26)27-34-22-15-10-12-18(11-6-4-9-16-23(39)37-41)24(22)28(40)38(27)19-13-7-5-8-14-19/h5,7-8,10,12-15,17,21,41H,3-4,6,9,11,16H2,1-2H3,(H,37,39)(H5,30,31,33,35,36)/t21-/m0/s1. The second-order valence-electron chi connectivity index (χ2n) is 9.57. The van der Waals surface area contributed by atoms with E-state index in [1.54, 1.807) is 23.3 Å². The lowest BCUT2D eigenvalue weighted by molar-refractivity contribution is -0.129. The Kier molecular flexibility index (Phi) is 9.59. The van der Waals surface area contributed by atoms with E-state index in [1.807, 2.05) is 55.5 Å². The van der Waals surface area contributed by atoms with Crippen molar-refractivity contribution in [3.05, 3.63) is 75.8 Å². The number of aromatic nitrogens is 4. The van der Waals surface area contributed by atoms with Gasteiger partial charge in [-0.15, -0.1) is 0 Å². The third-order valence-electron chi connectivity index (χ3n) is 6.78. The summed E-state index contributed by atoms with van der Waals surface area (Å²) in [6.45, 7) is 1.98. The van der Waals surface area contributed by atoms with Crippen LogP contribution in [0, 0.1) is 0 Å². The molecule has 2 aromatic carbocycles. The molecule has 2 heterocycles. The Morgan fingerprint density at radius 2 is 1.85 bits per heavy atom. The van der Waals surface area contributed by atoms with Crippen LogP contribution in [-0.2, 0) is 11.2 Å². The molecule has 1 amide bonds. The molecule has 1 atom stereocenters. The molecule has 12 nitrogen and oxygen atoms in total. The SMILES string of the molecule is CC[C@H](Nc1nc(N)nc(N)c1C=NC)c1nc2cccc(CCCCCC(=O)NO)c2c(=O)n1-c1ccccc1. The molecule has 0 aliphatic heterocycles. The van der Waals surface area contributed by atoms with E-state index in [0.717, 1.165) is 18.4 Å². The van der Waals surface area contributed by atoms with Crippen LogP contribution >= 0.6 is 0 Å². The van der Waals surface area contributed by atoms with Gasteiger partial charge in [0, 0.05) is 19.7 Å². The number of aryl methyl sites for hydroxylation is 1. The fourth-order valence-corrected chi connectivity index (χ4v) is 4.80. The molecule has 4 rings (SSSR count). The normalized spacial score (nSPS) is 12.1. The highest BCUT2D eigenvalue weighted by atomic mass is 16.5. The van der Waals surface area contributed by atoms with Crippen molar-refractivity contribution in [2.45, 2.75) is 51.5 Å². The molecule has 41 heavy (non-hydrogen) atoms. The van der Waals surface area contributed by atoms with E-state index in [9.17, 15) is 9.59 Å². The smallest absolute Gasteiger partial charge is 0.266 e. The Balaban J connectivity index is 1.80. The number of aliphatic imine (C=N–C) groups is 1. The van der Waals surface area contributed by atoms with E-state index in [0.29, 0.717) is 53.1 Å². The third-order valence-corrected chi connectivity index (χ3v) is 6.78. The number of hydrogen-bond donors (Lipinski definition) is 5. The largest absolute Gasteiger partial charge is 0.383 e. The molecule has 214 valence electrons. The Labute approximate surface area is 237 Å². The summed E-state index contributed by atoms with van der Waals surface area (Å²) in [6.07, 6.45) is 5.22. The number of benzene rings is 2. The maximum Gasteiger partial charge on any atom is 0.266 e. The number of unbranched alkanes of at least 4 members (excludes halogenated alkanes) is 2. The van der Waals surface area contributed by atoms with Crippen LogP contribution in [0.5, 0.6) is 0 Å². The van der Waals surface area contributed by atoms with Crippen LogP contribution in [0.2, 0.25) is 0 Å². The maximum absolute atomic E-state index is 14.3. The van der Waals surface area contributed by atoms with E-state index in [4.69, 9.17) is 21.7 Å². The highest BCUT2D eigenvalue weighted by Crippen LogP contribution is 2.28. The van der Waals surface area contributed by atoms with Crippen molar-refractivity contribution in [2.24, 2.45) is 4.99 Å². The summed E-state index contributed by atoms with van der Waals surface area (Å²) in [5.74, 6) is 0.706. The Bertz CT molecular complexity index is 1600. The number of hydrogen-bond acceptors (Lipinski definition) is 10. The Morgan fingerprint density at radius 3 is 2.56 bits per heavy atom. The summed E-state index contributed by atoms with van der Waals surface area (Å²) in [6, 6.07) is 14.6. The summed E-state index contributed by atoms with van der Waals surface area (Å²) >= 11 is 0. The number of para-hydroxylation sites is 1. The molecule has 4 aromatic rings. The fraction of sp³-hybridized carbons (Fsp3) is 0.310. The molecular formula is C29H35N9O3. The summed E-state index contributed by atoms with van der Waals surface area (Å²) in [5, 5.41) is 12.6. The second kappa shape index (κ2) is 13.5. The zero-order valence-electron chi connectivity index (χ0n) is 23.2. The zero-order valence-corrected chi connectivity index (χ0v) is 23.2. The third kappa shape index (κ3) is 6.67. The number of rotatable bonds is 12. The van der Waals surface area contributed by atoms with Gasteiger partial charge in [-0.2, -0.15) is 9.97 Å². The number of nitrogens with one attached hydrogen (secondary N) is 2. The number of nitrogens with zero attached hydrogens (tertiary/aromatic N) is 5. The van der Waals surface area contributed by atoms with Gasteiger partial charge in [-0.05, 0) is 49.4 Å². The summed E-state index contributed by atoms with van der Waals surface area (Å²) in [5.41, 5.74) is 16.2. The molecule has 0 aliphatic rings. The van der Waals surface area contributed by atoms with Gasteiger partial charge in [-0.1, -0.05) is 43.7 Å². The van der Waals surface area contributed by atoms with Crippen molar-refractivity contribution in [3.63, 3.8) is 0 Å². The van der Waals surface area contributed by atoms with Gasteiger partial charge in [0.25, 0.3) is 5.56 Å². The first-order valence-electron chi connectivity index (χ1n) is 13.5. The van der Waals surface area contributed by atoms with Gasteiger partial charge < -0.3 is 16.8 Å². The predicted octanol–water partition coefficient (Wildman–Crippen LogP) is 3.56. The molecule has 0 saturated heterocycles. The second-order valence-corrected chi connectivity index (χ2v) is 9.57. The van der Waals surface area contributed by atoms with Crippen molar-refractivity contribution in [2.75, 3.05) is 23.8 Å². The van der Waals surface area contributed by atoms with Crippen LogP contribution in [0.15, 0.2) is 58.3 Å². The number of fused-ring (bicyclic) bond motifs is 1. The van der Waals surface area contributed by atoms with Crippen LogP contribution in [0.3, 0.4) is 0 Å². The topological polar surface area (TPSA) is 186 Å². The van der Waals surface area contributed by atoms with E-state index in [-0.39, 0.29) is 23.7 Å². The van der Waals surface area contributed by atoms with Gasteiger partial charge >= 0.3 is 0 Å². The Hall–Kier alpha value is -4.84. The van der Waals surface area contributed by atoms with Gasteiger partial charge in [0.05, 0.1) is 28.2 Å². The van der Waals surface area contributed by atoms with Gasteiger partial charge in [-0.25, -0.2) is 10.5 Å². The highest BCUT2D eigenvalue weighted by Gasteiger charge is 2.23. The molecule has 0 spiro atoms. The lowest BCUT2D eigenvalue weighted by atomic mass is 10.0. The van der Waals surface area contributed by atoms with Crippen LogP contribution in [0.1, 0.15) is 62.0 Å². The molecule has 0 bridgehead atoms. The van der Waals surface area contributed by atoms with Gasteiger partial charge in [0.1, 0.15) is 17.5 Å². The number of anilines is 3. The molecule has 0 unspecified atom stereocenters. The minimum Gasteiger partial charge on any atom is -0.383 e. The van der Waals surface area contributed by atoms with Gasteiger partial charge in [-0.3, -0.25) is 24.4 Å². The number of carbonyl (C=O) groups is 1. The summed E-state index contributed by atoms with van der Waals surface area (Å²) in [7, 11) is 1.62. The molecule has 0 saturated carbocycles. The number of carbonyl (C=O) groups excluding carboxylic acids is 1. The minimum absolute atomic E-state index is 0.0154. The van der Waals surface area contributed by atoms with E-state index in [1.165, 1.54) is 0 Å². The molecule has 7 N–H and O–H groups in total. The number of nitrogen functional groups attached to an aromatic ring is 2. The average Bonchev–Trinajstić information content (AvgIpc) is 2.97. The van der Waals surface area contributed by atoms with E-state index >= 15 is 0 Å². The Morgan fingerprint density at radius 1 is 1.07 bits per heavy atom. The first-order valence-corrected chi connectivity index (χ1v) is 13.5. The average molecular weight is 558 g/mol. The van der Waals surface area contributed by atoms with Crippen molar-refractivity contribution in [1.82, 2.24) is 25.0 Å². The minimum atomic E-state index is -0.439. The van der Waals surface area contributed by atoms with Crippen LogP contribution in [0.4, 0.5) is 17.6 Å². The maximum atomic E-state index is 14.3.